The van der Waals surface area contributed by atoms with Crippen LogP contribution in [-0.4, -0.2) is 37.1 Å². The van der Waals surface area contributed by atoms with Crippen molar-refractivity contribution in [2.24, 2.45) is 5.92 Å². The molecule has 1 N–H and O–H groups in total. The SMILES string of the molecule is COC1(C)CC[C@@H](CCO)C(C)(OC)C1. The molecule has 0 spiro atoms. The topological polar surface area (TPSA) is 38.7 Å². The van der Waals surface area contributed by atoms with Gasteiger partial charge in [-0.15, -0.1) is 0 Å². The third-order valence-corrected chi connectivity index (χ3v) is 4.05. The summed E-state index contributed by atoms with van der Waals surface area (Å²) in [4.78, 5) is 0. The first-order valence-corrected chi connectivity index (χ1v) is 5.71. The predicted molar refractivity (Wildman–Crippen MR) is 59.9 cm³/mol. The predicted octanol–water partition coefficient (Wildman–Crippen LogP) is 1.98. The normalized spacial score (nSPS) is 41.8. The average Bonchev–Trinajstić information content (AvgIpc) is 2.23. The van der Waals surface area contributed by atoms with Crippen LogP contribution in [-0.2, 0) is 9.47 Å². The van der Waals surface area contributed by atoms with Crippen molar-refractivity contribution >= 4 is 0 Å². The molecule has 1 aliphatic carbocycles. The Kier molecular flexibility index (Phi) is 4.15. The minimum Gasteiger partial charge on any atom is -0.396 e. The first-order valence-electron chi connectivity index (χ1n) is 5.71. The third kappa shape index (κ3) is 2.71. The quantitative estimate of drug-likeness (QED) is 0.781. The number of hydrogen-bond acceptors (Lipinski definition) is 3. The fraction of sp³-hybridized carbons (Fsp3) is 1.00. The molecule has 0 heterocycles. The van der Waals surface area contributed by atoms with Crippen molar-refractivity contribution in [2.75, 3.05) is 20.8 Å². The molecule has 1 rings (SSSR count). The monoisotopic (exact) mass is 216 g/mol. The van der Waals surface area contributed by atoms with Crippen LogP contribution in [0, 0.1) is 5.92 Å². The van der Waals surface area contributed by atoms with Crippen LogP contribution in [0.15, 0.2) is 0 Å². The van der Waals surface area contributed by atoms with E-state index in [0.29, 0.717) is 5.92 Å². The molecule has 0 aromatic rings. The van der Waals surface area contributed by atoms with Crippen LogP contribution < -0.4 is 0 Å². The number of methoxy groups -OCH3 is 2. The molecule has 0 saturated heterocycles. The van der Waals surface area contributed by atoms with Gasteiger partial charge in [-0.05, 0) is 39.0 Å². The van der Waals surface area contributed by atoms with Crippen LogP contribution in [0.2, 0.25) is 0 Å². The van der Waals surface area contributed by atoms with Crippen LogP contribution in [0.1, 0.15) is 39.5 Å². The summed E-state index contributed by atoms with van der Waals surface area (Å²) >= 11 is 0. The molecule has 0 radical (unpaired) electrons. The molecule has 1 fully saturated rings. The highest BCUT2D eigenvalue weighted by molar-refractivity contribution is 4.97. The van der Waals surface area contributed by atoms with E-state index in [-0.39, 0.29) is 17.8 Å². The van der Waals surface area contributed by atoms with Crippen molar-refractivity contribution in [1.82, 2.24) is 0 Å². The minimum atomic E-state index is -0.161. The molecule has 0 aromatic heterocycles. The fourth-order valence-electron chi connectivity index (χ4n) is 2.78. The Hall–Kier alpha value is -0.120. The Morgan fingerprint density at radius 1 is 1.27 bits per heavy atom. The first kappa shape index (κ1) is 12.9. The average molecular weight is 216 g/mol. The van der Waals surface area contributed by atoms with Crippen molar-refractivity contribution in [3.8, 4) is 0 Å². The van der Waals surface area contributed by atoms with Gasteiger partial charge in [0, 0.05) is 27.2 Å². The number of rotatable bonds is 4. The maximum absolute atomic E-state index is 9.05. The smallest absolute Gasteiger partial charge is 0.0706 e. The van der Waals surface area contributed by atoms with E-state index in [1.54, 1.807) is 14.2 Å². The molecular weight excluding hydrogens is 192 g/mol. The first-order chi connectivity index (χ1) is 6.99. The van der Waals surface area contributed by atoms with Gasteiger partial charge in [-0.2, -0.15) is 0 Å². The molecular formula is C12H24O3. The van der Waals surface area contributed by atoms with Crippen LogP contribution in [0.4, 0.5) is 0 Å². The molecule has 0 bridgehead atoms. The molecule has 2 unspecified atom stereocenters. The minimum absolute atomic E-state index is 0.0727. The van der Waals surface area contributed by atoms with Gasteiger partial charge in [-0.1, -0.05) is 0 Å². The highest BCUT2D eigenvalue weighted by atomic mass is 16.5. The van der Waals surface area contributed by atoms with Crippen molar-refractivity contribution in [1.29, 1.82) is 0 Å². The summed E-state index contributed by atoms with van der Waals surface area (Å²) in [7, 11) is 3.52. The maximum Gasteiger partial charge on any atom is 0.0706 e. The highest BCUT2D eigenvalue weighted by Crippen LogP contribution is 2.44. The summed E-state index contributed by atoms with van der Waals surface area (Å²) in [6.45, 7) is 4.51. The van der Waals surface area contributed by atoms with Gasteiger partial charge in [0.25, 0.3) is 0 Å². The molecule has 3 nitrogen and oxygen atoms in total. The lowest BCUT2D eigenvalue weighted by atomic mass is 9.69. The Morgan fingerprint density at radius 3 is 2.40 bits per heavy atom. The van der Waals surface area contributed by atoms with Gasteiger partial charge in [0.15, 0.2) is 0 Å². The van der Waals surface area contributed by atoms with Gasteiger partial charge in [-0.3, -0.25) is 0 Å². The van der Waals surface area contributed by atoms with Crippen molar-refractivity contribution in [3.05, 3.63) is 0 Å². The lowest BCUT2D eigenvalue weighted by Crippen LogP contribution is -2.50. The van der Waals surface area contributed by atoms with Gasteiger partial charge >= 0.3 is 0 Å². The Balaban J connectivity index is 2.74. The molecule has 0 aromatic carbocycles. The summed E-state index contributed by atoms with van der Waals surface area (Å²) in [6, 6.07) is 0. The van der Waals surface area contributed by atoms with E-state index in [9.17, 15) is 0 Å². The van der Waals surface area contributed by atoms with E-state index >= 15 is 0 Å². The van der Waals surface area contributed by atoms with Gasteiger partial charge in [0.2, 0.25) is 0 Å². The van der Waals surface area contributed by atoms with E-state index in [4.69, 9.17) is 14.6 Å². The second kappa shape index (κ2) is 4.81. The standard InChI is InChI=1S/C12H24O3/c1-11(14-3)7-5-10(6-8-13)12(2,9-11)15-4/h10,13H,5-9H2,1-4H3/t10-,11?,12?/m0/s1. The molecule has 0 amide bonds. The van der Waals surface area contributed by atoms with Gasteiger partial charge < -0.3 is 14.6 Å². The number of ether oxygens (including phenoxy) is 2. The van der Waals surface area contributed by atoms with E-state index in [0.717, 1.165) is 25.7 Å². The van der Waals surface area contributed by atoms with Crippen LogP contribution >= 0.6 is 0 Å². The Bertz CT molecular complexity index is 207. The third-order valence-electron chi connectivity index (χ3n) is 4.05. The zero-order valence-corrected chi connectivity index (χ0v) is 10.4. The molecule has 0 aliphatic heterocycles. The zero-order chi connectivity index (χ0) is 11.5. The van der Waals surface area contributed by atoms with E-state index in [1.807, 2.05) is 0 Å². The number of aliphatic hydroxyl groups is 1. The van der Waals surface area contributed by atoms with E-state index in [1.165, 1.54) is 0 Å². The lowest BCUT2D eigenvalue weighted by molar-refractivity contribution is -0.150. The number of hydrogen-bond donors (Lipinski definition) is 1. The van der Waals surface area contributed by atoms with E-state index in [2.05, 4.69) is 13.8 Å². The molecule has 1 saturated carbocycles. The lowest BCUT2D eigenvalue weighted by Gasteiger charge is -2.48. The largest absolute Gasteiger partial charge is 0.396 e. The second-order valence-corrected chi connectivity index (χ2v) is 5.10. The summed E-state index contributed by atoms with van der Waals surface area (Å²) in [6.07, 6.45) is 3.84. The Morgan fingerprint density at radius 2 is 1.93 bits per heavy atom. The molecule has 90 valence electrons. The van der Waals surface area contributed by atoms with E-state index < -0.39 is 0 Å². The van der Waals surface area contributed by atoms with Gasteiger partial charge in [-0.25, -0.2) is 0 Å². The second-order valence-electron chi connectivity index (χ2n) is 5.10. The van der Waals surface area contributed by atoms with Crippen molar-refractivity contribution in [3.63, 3.8) is 0 Å². The molecule has 3 heteroatoms. The number of aliphatic hydroxyl groups excluding tert-OH is 1. The van der Waals surface area contributed by atoms with Gasteiger partial charge in [0.1, 0.15) is 0 Å². The van der Waals surface area contributed by atoms with Crippen LogP contribution in [0.5, 0.6) is 0 Å². The van der Waals surface area contributed by atoms with Crippen LogP contribution in [0.25, 0.3) is 0 Å². The molecule has 3 atom stereocenters. The maximum atomic E-state index is 9.05. The summed E-state index contributed by atoms with van der Waals surface area (Å²) in [5.74, 6) is 0.440. The van der Waals surface area contributed by atoms with Gasteiger partial charge in [0.05, 0.1) is 11.2 Å². The Labute approximate surface area is 92.8 Å². The van der Waals surface area contributed by atoms with Crippen LogP contribution in [0.3, 0.4) is 0 Å². The van der Waals surface area contributed by atoms with Crippen molar-refractivity contribution in [2.45, 2.75) is 50.7 Å². The fourth-order valence-corrected chi connectivity index (χ4v) is 2.78. The summed E-state index contributed by atoms with van der Waals surface area (Å²) < 4.78 is 11.2. The zero-order valence-electron chi connectivity index (χ0n) is 10.4. The molecule has 1 aliphatic rings. The summed E-state index contributed by atoms with van der Waals surface area (Å²) in [5.41, 5.74) is -0.234. The highest BCUT2D eigenvalue weighted by Gasteiger charge is 2.45. The van der Waals surface area contributed by atoms with Crippen molar-refractivity contribution < 1.29 is 14.6 Å². The molecule has 15 heavy (non-hydrogen) atoms. The summed E-state index contributed by atoms with van der Waals surface area (Å²) in [5, 5.41) is 9.05.